The first kappa shape index (κ1) is 40.3. The summed E-state index contributed by atoms with van der Waals surface area (Å²) in [4.78, 5) is 20.3. The zero-order valence-corrected chi connectivity index (χ0v) is 31.1. The van der Waals surface area contributed by atoms with E-state index in [1.807, 2.05) is 0 Å². The van der Waals surface area contributed by atoms with Crippen LogP contribution in [0.2, 0.25) is 0 Å². The van der Waals surface area contributed by atoms with Crippen LogP contribution in [0.1, 0.15) is 181 Å². The Morgan fingerprint density at radius 2 is 0.744 bits per heavy atom. The molecular weight excluding hydrogens is 633 g/mol. The van der Waals surface area contributed by atoms with Crippen LogP contribution in [0.3, 0.4) is 0 Å². The van der Waals surface area contributed by atoms with E-state index in [0.717, 1.165) is 25.7 Å². The van der Waals surface area contributed by atoms with Crippen molar-refractivity contribution in [3.63, 3.8) is 0 Å². The number of hydrogen-bond acceptors (Lipinski definition) is 1. The molecule has 39 heavy (non-hydrogen) atoms. The first-order valence-corrected chi connectivity index (χ1v) is 25.3. The van der Waals surface area contributed by atoms with Gasteiger partial charge < -0.3 is 0 Å². The molecule has 0 aliphatic rings. The zero-order valence-electron chi connectivity index (χ0n) is 27.2. The van der Waals surface area contributed by atoms with Crippen molar-refractivity contribution in [2.45, 2.75) is 186 Å². The summed E-state index contributed by atoms with van der Waals surface area (Å²) in [5.74, 6) is 0. The molecule has 0 fully saturated rings. The van der Waals surface area contributed by atoms with Gasteiger partial charge in [-0.1, -0.05) is 39.5 Å². The minimum atomic E-state index is -4.07. The van der Waals surface area contributed by atoms with Crippen LogP contribution in [-0.4, -0.2) is 41.1 Å². The van der Waals surface area contributed by atoms with Crippen molar-refractivity contribution in [1.82, 2.24) is 0 Å². The Bertz CT molecular complexity index is 575. The molecule has 0 saturated carbocycles. The molecule has 0 aliphatic heterocycles. The molecule has 0 spiro atoms. The van der Waals surface area contributed by atoms with Crippen LogP contribution in [0.4, 0.5) is 0 Å². The molecule has 0 atom stereocenters. The Kier molecular flexibility index (Phi) is 23.6. The third-order valence-corrected chi connectivity index (χ3v) is 17.2. The normalized spacial score (nSPS) is 14.0. The molecule has 3 nitrogen and oxygen atoms in total. The molecule has 238 valence electrons. The van der Waals surface area contributed by atoms with Gasteiger partial charge in [-0.15, -0.1) is 0 Å². The quantitative estimate of drug-likeness (QED) is 0.0463. The van der Waals surface area contributed by atoms with Gasteiger partial charge in [0.05, 0.1) is 0 Å². The van der Waals surface area contributed by atoms with Gasteiger partial charge in [0.1, 0.15) is 0 Å². The summed E-state index contributed by atoms with van der Waals surface area (Å²) in [6.45, 7) is 11.6. The number of halogens is 1. The van der Waals surface area contributed by atoms with Crippen molar-refractivity contribution >= 4 is 33.9 Å². The van der Waals surface area contributed by atoms with Gasteiger partial charge in [0.15, 0.2) is 0 Å². The fraction of sp³-hybridized carbons (Fsp3) is 1.00. The van der Waals surface area contributed by atoms with Gasteiger partial charge in [0, 0.05) is 0 Å². The molecule has 0 bridgehead atoms. The van der Waals surface area contributed by atoms with Crippen molar-refractivity contribution in [2.24, 2.45) is 0 Å². The molecule has 0 aromatic heterocycles. The molecule has 6 heteroatoms. The van der Waals surface area contributed by atoms with Crippen molar-refractivity contribution < 1.29 is 14.4 Å². The van der Waals surface area contributed by atoms with Crippen LogP contribution in [0, 0.1) is 0 Å². The third-order valence-electron chi connectivity index (χ3n) is 9.09. The molecule has 0 radical (unpaired) electrons. The predicted molar refractivity (Wildman–Crippen MR) is 190 cm³/mol. The summed E-state index contributed by atoms with van der Waals surface area (Å²) in [5, 5.41) is -0.206. The maximum absolute atomic E-state index is 12.4. The van der Waals surface area contributed by atoms with Crippen molar-refractivity contribution in [3.05, 3.63) is 0 Å². The minimum absolute atomic E-state index is 0.0837. The first-order chi connectivity index (χ1) is 18.3. The van der Waals surface area contributed by atoms with Gasteiger partial charge in [0.2, 0.25) is 0 Å². The molecule has 0 aromatic rings. The van der Waals surface area contributed by atoms with Gasteiger partial charge in [-0.2, -0.15) is 0 Å². The topological polar surface area (TPSA) is 57.5 Å². The molecule has 0 aliphatic carbocycles. The standard InChI is InChI=1S/C33H71IO3P2/c1-6-8-10-12-14-16-18-20-22-24-26-28-30-33(32-38(35,36)37,39(3,4,5)34)31-29-27-25-23-21-19-17-15-13-11-9-7-2/h6-32H2,1-5H3,(H2,35,36,37). The van der Waals surface area contributed by atoms with Crippen molar-refractivity contribution in [3.8, 4) is 0 Å². The first-order valence-electron chi connectivity index (χ1n) is 17.1. The Hall–Kier alpha value is 1.31. The van der Waals surface area contributed by atoms with E-state index < -0.39 is 11.8 Å². The van der Waals surface area contributed by atoms with E-state index in [1.165, 1.54) is 141 Å². The van der Waals surface area contributed by atoms with Gasteiger partial charge in [0.25, 0.3) is 0 Å². The van der Waals surface area contributed by atoms with Crippen molar-refractivity contribution in [2.75, 3.05) is 26.2 Å². The van der Waals surface area contributed by atoms with E-state index in [-0.39, 0.29) is 11.3 Å². The second-order valence-corrected chi connectivity index (χ2v) is 31.9. The molecule has 2 N–H and O–H groups in total. The van der Waals surface area contributed by atoms with Crippen LogP contribution < -0.4 is 0 Å². The summed E-state index contributed by atoms with van der Waals surface area (Å²) in [7, 11) is -4.07. The monoisotopic (exact) mass is 704 g/mol. The van der Waals surface area contributed by atoms with Crippen molar-refractivity contribution in [1.29, 1.82) is 0 Å². The van der Waals surface area contributed by atoms with Crippen LogP contribution in [0.25, 0.3) is 0 Å². The molecule has 0 saturated heterocycles. The van der Waals surface area contributed by atoms with Crippen LogP contribution >= 0.6 is 33.9 Å². The van der Waals surface area contributed by atoms with E-state index >= 15 is 0 Å². The summed E-state index contributed by atoms with van der Waals surface area (Å²) >= 11 is 2.64. The van der Waals surface area contributed by atoms with Gasteiger partial charge in [-0.05, 0) is 0 Å². The van der Waals surface area contributed by atoms with E-state index in [0.29, 0.717) is 0 Å². The van der Waals surface area contributed by atoms with E-state index in [9.17, 15) is 14.4 Å². The van der Waals surface area contributed by atoms with E-state index in [1.54, 1.807) is 0 Å². The molecule has 0 unspecified atom stereocenters. The summed E-state index contributed by atoms with van der Waals surface area (Å²) < 4.78 is 10.1. The van der Waals surface area contributed by atoms with Crippen LogP contribution in [-0.2, 0) is 4.57 Å². The maximum atomic E-state index is 12.4. The van der Waals surface area contributed by atoms with Crippen LogP contribution in [0.15, 0.2) is 0 Å². The predicted octanol–water partition coefficient (Wildman–Crippen LogP) is 12.9. The van der Waals surface area contributed by atoms with Crippen LogP contribution in [0.5, 0.6) is 0 Å². The Labute approximate surface area is 259 Å². The number of hydrogen-bond donors (Lipinski definition) is 2. The number of rotatable bonds is 29. The molecule has 0 heterocycles. The SMILES string of the molecule is CCCCCCCCCCCCCCC(CCCCCCCCCCCCCC)(CP(=O)(O)O)P(C)(C)(C)I. The summed E-state index contributed by atoms with van der Waals surface area (Å²) in [6, 6.07) is 0. The van der Waals surface area contributed by atoms with E-state index in [4.69, 9.17) is 0 Å². The van der Waals surface area contributed by atoms with Gasteiger partial charge in [-0.3, -0.25) is 0 Å². The zero-order chi connectivity index (χ0) is 29.5. The Morgan fingerprint density at radius 3 is 0.949 bits per heavy atom. The fourth-order valence-electron chi connectivity index (χ4n) is 6.25. The van der Waals surface area contributed by atoms with Gasteiger partial charge >= 0.3 is 221 Å². The second-order valence-electron chi connectivity index (χ2n) is 13.9. The Balaban J connectivity index is 4.49. The molecular formula is C33H71IO3P2. The summed E-state index contributed by atoms with van der Waals surface area (Å²) in [5.41, 5.74) is 0. The van der Waals surface area contributed by atoms with E-state index in [2.05, 4.69) is 55.9 Å². The molecule has 0 rings (SSSR count). The fourth-order valence-corrected chi connectivity index (χ4v) is 14.4. The Morgan fingerprint density at radius 1 is 0.513 bits per heavy atom. The molecule has 0 amide bonds. The number of unbranched alkanes of at least 4 members (excludes halogenated alkanes) is 22. The average Bonchev–Trinajstić information content (AvgIpc) is 2.83. The summed E-state index contributed by atoms with van der Waals surface area (Å²) in [6.07, 6.45) is 33.9. The third kappa shape index (κ3) is 22.5. The second kappa shape index (κ2) is 22.8. The van der Waals surface area contributed by atoms with Gasteiger partial charge in [-0.25, -0.2) is 0 Å². The molecule has 0 aromatic carbocycles. The average molecular weight is 705 g/mol.